The molecule has 1 aliphatic rings. The standard InChI is InChI=1S/C15H21N5OS/c1-9-13-7-11(8-16-14(13)20(2)19-9)18-15(21)17-10-4-5-12(6-10)22-3/h7-8,10,12H,4-6H2,1-3H3,(H2,17,18,21). The van der Waals surface area contributed by atoms with Gasteiger partial charge in [-0.15, -0.1) is 0 Å². The zero-order valence-corrected chi connectivity index (χ0v) is 13.9. The van der Waals surface area contributed by atoms with E-state index in [0.29, 0.717) is 10.9 Å². The predicted molar refractivity (Wildman–Crippen MR) is 90.3 cm³/mol. The maximum atomic E-state index is 12.1. The molecule has 1 aliphatic carbocycles. The fourth-order valence-electron chi connectivity index (χ4n) is 3.01. The van der Waals surface area contributed by atoms with Crippen LogP contribution in [0, 0.1) is 6.92 Å². The van der Waals surface area contributed by atoms with E-state index in [1.807, 2.05) is 31.8 Å². The summed E-state index contributed by atoms with van der Waals surface area (Å²) in [6.07, 6.45) is 7.08. The highest BCUT2D eigenvalue weighted by molar-refractivity contribution is 7.99. The number of thioether (sulfide) groups is 1. The number of urea groups is 1. The molecule has 0 radical (unpaired) electrons. The van der Waals surface area contributed by atoms with Crippen LogP contribution in [-0.4, -0.2) is 38.3 Å². The third kappa shape index (κ3) is 3.04. The molecule has 0 aliphatic heterocycles. The van der Waals surface area contributed by atoms with Crippen LogP contribution in [0.15, 0.2) is 12.3 Å². The average molecular weight is 319 g/mol. The number of carbonyl (C=O) groups is 1. The largest absolute Gasteiger partial charge is 0.335 e. The van der Waals surface area contributed by atoms with Crippen LogP contribution in [-0.2, 0) is 7.05 Å². The van der Waals surface area contributed by atoms with E-state index in [1.165, 1.54) is 6.42 Å². The summed E-state index contributed by atoms with van der Waals surface area (Å²) in [5.74, 6) is 0. The van der Waals surface area contributed by atoms with Gasteiger partial charge in [0.15, 0.2) is 5.65 Å². The Bertz CT molecular complexity index is 699. The van der Waals surface area contributed by atoms with Crippen LogP contribution in [0.5, 0.6) is 0 Å². The van der Waals surface area contributed by atoms with Gasteiger partial charge in [-0.1, -0.05) is 0 Å². The van der Waals surface area contributed by atoms with Gasteiger partial charge in [-0.25, -0.2) is 9.78 Å². The van der Waals surface area contributed by atoms with E-state index in [-0.39, 0.29) is 12.1 Å². The van der Waals surface area contributed by atoms with Gasteiger partial charge in [0, 0.05) is 23.7 Å². The number of hydrogen-bond acceptors (Lipinski definition) is 4. The molecule has 2 N–H and O–H groups in total. The minimum Gasteiger partial charge on any atom is -0.335 e. The Balaban J connectivity index is 1.65. The lowest BCUT2D eigenvalue weighted by Gasteiger charge is -2.13. The molecular weight excluding hydrogens is 298 g/mol. The number of aromatic nitrogens is 3. The highest BCUT2D eigenvalue weighted by Gasteiger charge is 2.25. The van der Waals surface area contributed by atoms with Crippen molar-refractivity contribution >= 4 is 34.5 Å². The lowest BCUT2D eigenvalue weighted by Crippen LogP contribution is -2.36. The van der Waals surface area contributed by atoms with Crippen molar-refractivity contribution < 1.29 is 4.79 Å². The van der Waals surface area contributed by atoms with Crippen LogP contribution in [0.3, 0.4) is 0 Å². The van der Waals surface area contributed by atoms with Crippen LogP contribution in [0.2, 0.25) is 0 Å². The second-order valence-electron chi connectivity index (χ2n) is 5.77. The molecule has 0 aromatic carbocycles. The summed E-state index contributed by atoms with van der Waals surface area (Å²) in [6.45, 7) is 1.94. The number of fused-ring (bicyclic) bond motifs is 1. The monoisotopic (exact) mass is 319 g/mol. The van der Waals surface area contributed by atoms with Crippen molar-refractivity contribution in [2.24, 2.45) is 7.05 Å². The topological polar surface area (TPSA) is 71.8 Å². The van der Waals surface area contributed by atoms with Crippen molar-refractivity contribution in [1.29, 1.82) is 0 Å². The Morgan fingerprint density at radius 2 is 2.27 bits per heavy atom. The van der Waals surface area contributed by atoms with Gasteiger partial charge < -0.3 is 10.6 Å². The highest BCUT2D eigenvalue weighted by atomic mass is 32.2. The molecule has 118 valence electrons. The van der Waals surface area contributed by atoms with Crippen molar-refractivity contribution in [1.82, 2.24) is 20.1 Å². The first kappa shape index (κ1) is 15.1. The molecule has 22 heavy (non-hydrogen) atoms. The summed E-state index contributed by atoms with van der Waals surface area (Å²) in [7, 11) is 1.87. The van der Waals surface area contributed by atoms with Gasteiger partial charge in [-0.05, 0) is 38.5 Å². The zero-order chi connectivity index (χ0) is 15.7. The van der Waals surface area contributed by atoms with Crippen molar-refractivity contribution in [3.05, 3.63) is 18.0 Å². The Labute approximate surface area is 134 Å². The summed E-state index contributed by atoms with van der Waals surface area (Å²) in [4.78, 5) is 16.5. The molecule has 2 aromatic heterocycles. The Morgan fingerprint density at radius 1 is 1.45 bits per heavy atom. The molecular formula is C15H21N5OS. The van der Waals surface area contributed by atoms with Crippen molar-refractivity contribution in [3.8, 4) is 0 Å². The van der Waals surface area contributed by atoms with Crippen LogP contribution in [0.25, 0.3) is 11.0 Å². The normalized spacial score (nSPS) is 21.2. The maximum absolute atomic E-state index is 12.1. The van der Waals surface area contributed by atoms with E-state index < -0.39 is 0 Å². The maximum Gasteiger partial charge on any atom is 0.319 e. The van der Waals surface area contributed by atoms with Crippen molar-refractivity contribution in [2.45, 2.75) is 37.5 Å². The minimum atomic E-state index is -0.158. The molecule has 1 saturated carbocycles. The van der Waals surface area contributed by atoms with E-state index >= 15 is 0 Å². The van der Waals surface area contributed by atoms with Crippen LogP contribution >= 0.6 is 11.8 Å². The molecule has 2 atom stereocenters. The molecule has 2 heterocycles. The summed E-state index contributed by atoms with van der Waals surface area (Å²) in [5.41, 5.74) is 2.43. The summed E-state index contributed by atoms with van der Waals surface area (Å²) in [6, 6.07) is 2.03. The second-order valence-corrected chi connectivity index (χ2v) is 6.91. The van der Waals surface area contributed by atoms with Crippen LogP contribution in [0.4, 0.5) is 10.5 Å². The predicted octanol–water partition coefficient (Wildman–Crippen LogP) is 2.68. The number of hydrogen-bond donors (Lipinski definition) is 2. The molecule has 6 nitrogen and oxygen atoms in total. The van der Waals surface area contributed by atoms with Gasteiger partial charge in [0.1, 0.15) is 0 Å². The van der Waals surface area contributed by atoms with E-state index in [1.54, 1.807) is 10.9 Å². The molecule has 3 rings (SSSR count). The minimum absolute atomic E-state index is 0.158. The SMILES string of the molecule is CSC1CCC(NC(=O)Nc2cnc3c(c2)c(C)nn3C)C1. The number of amides is 2. The quantitative estimate of drug-likeness (QED) is 0.912. The van der Waals surface area contributed by atoms with Crippen molar-refractivity contribution in [3.63, 3.8) is 0 Å². The first-order chi connectivity index (χ1) is 10.6. The van der Waals surface area contributed by atoms with Gasteiger partial charge in [0.05, 0.1) is 17.6 Å². The summed E-state index contributed by atoms with van der Waals surface area (Å²) in [5, 5.41) is 11.9. The number of pyridine rings is 1. The lowest BCUT2D eigenvalue weighted by molar-refractivity contribution is 0.248. The van der Waals surface area contributed by atoms with E-state index in [0.717, 1.165) is 29.6 Å². The molecule has 2 aromatic rings. The van der Waals surface area contributed by atoms with Crippen LogP contribution in [0.1, 0.15) is 25.0 Å². The smallest absolute Gasteiger partial charge is 0.319 e. The molecule has 2 amide bonds. The lowest BCUT2D eigenvalue weighted by atomic mass is 10.2. The number of carbonyl (C=O) groups excluding carboxylic acids is 1. The summed E-state index contributed by atoms with van der Waals surface area (Å²) < 4.78 is 1.75. The number of nitrogens with zero attached hydrogens (tertiary/aromatic N) is 3. The fraction of sp³-hybridized carbons (Fsp3) is 0.533. The van der Waals surface area contributed by atoms with Crippen LogP contribution < -0.4 is 10.6 Å². The summed E-state index contributed by atoms with van der Waals surface area (Å²) >= 11 is 1.88. The average Bonchev–Trinajstić information content (AvgIpc) is 3.04. The van der Waals surface area contributed by atoms with Crippen molar-refractivity contribution in [2.75, 3.05) is 11.6 Å². The molecule has 7 heteroatoms. The molecule has 0 spiro atoms. The van der Waals surface area contributed by atoms with Gasteiger partial charge in [-0.3, -0.25) is 4.68 Å². The van der Waals surface area contributed by atoms with Gasteiger partial charge in [-0.2, -0.15) is 16.9 Å². The first-order valence-electron chi connectivity index (χ1n) is 7.46. The van der Waals surface area contributed by atoms with Gasteiger partial charge in [0.25, 0.3) is 0 Å². The number of nitrogens with one attached hydrogen (secondary N) is 2. The highest BCUT2D eigenvalue weighted by Crippen LogP contribution is 2.28. The molecule has 0 bridgehead atoms. The Hall–Kier alpha value is -1.76. The zero-order valence-electron chi connectivity index (χ0n) is 13.1. The Morgan fingerprint density at radius 3 is 3.00 bits per heavy atom. The third-order valence-corrected chi connectivity index (χ3v) is 5.27. The molecule has 2 unspecified atom stereocenters. The van der Waals surface area contributed by atoms with E-state index in [9.17, 15) is 4.79 Å². The molecule has 0 saturated heterocycles. The second kappa shape index (κ2) is 6.16. The fourth-order valence-corrected chi connectivity index (χ4v) is 3.81. The Kier molecular flexibility index (Phi) is 4.24. The van der Waals surface area contributed by atoms with Gasteiger partial charge in [0.2, 0.25) is 0 Å². The third-order valence-electron chi connectivity index (χ3n) is 4.17. The first-order valence-corrected chi connectivity index (χ1v) is 8.75. The number of anilines is 1. The number of aryl methyl sites for hydroxylation is 2. The molecule has 1 fully saturated rings. The van der Waals surface area contributed by atoms with E-state index in [4.69, 9.17) is 0 Å². The van der Waals surface area contributed by atoms with Gasteiger partial charge >= 0.3 is 6.03 Å². The number of rotatable bonds is 3. The van der Waals surface area contributed by atoms with E-state index in [2.05, 4.69) is 27.0 Å².